The van der Waals surface area contributed by atoms with Gasteiger partial charge in [0.25, 0.3) is 0 Å². The van der Waals surface area contributed by atoms with Crippen LogP contribution in [0.25, 0.3) is 0 Å². The number of hydrogen-bond acceptors (Lipinski definition) is 3. The monoisotopic (exact) mass is 306 g/mol. The maximum atomic E-state index is 11.9. The first kappa shape index (κ1) is 15.8. The molecule has 0 bridgehead atoms. The molecule has 5 heteroatoms. The van der Waals surface area contributed by atoms with Crippen molar-refractivity contribution in [1.82, 2.24) is 4.90 Å². The third kappa shape index (κ3) is 4.70. The van der Waals surface area contributed by atoms with Crippen molar-refractivity contribution in [2.75, 3.05) is 20.2 Å². The first-order valence-corrected chi connectivity index (χ1v) is 7.74. The summed E-state index contributed by atoms with van der Waals surface area (Å²) in [5, 5.41) is 0. The number of carbonyl (C=O) groups is 1. The molecule has 0 aromatic heterocycles. The second kappa shape index (κ2) is 7.41. The summed E-state index contributed by atoms with van der Waals surface area (Å²) in [5.41, 5.74) is 8.24. The van der Waals surface area contributed by atoms with Gasteiger partial charge in [-0.25, -0.2) is 0 Å². The zero-order valence-corrected chi connectivity index (χ0v) is 13.2. The van der Waals surface area contributed by atoms with E-state index in [1.165, 1.54) is 24.0 Å². The molecular weight excluding hydrogens is 284 g/mol. The molecule has 1 aromatic carbocycles. The lowest BCUT2D eigenvalue weighted by Crippen LogP contribution is -2.30. The topological polar surface area (TPSA) is 55.6 Å². The number of fused-ring (bicyclic) bond motifs is 1. The number of aryl methyl sites for hydroxylation is 2. The van der Waals surface area contributed by atoms with Gasteiger partial charge in [0.05, 0.1) is 18.0 Å². The quantitative estimate of drug-likeness (QED) is 0.784. The van der Waals surface area contributed by atoms with Crippen molar-refractivity contribution in [3.63, 3.8) is 0 Å². The lowest BCUT2D eigenvalue weighted by molar-refractivity contribution is -0.130. The average molecular weight is 306 g/mol. The molecule has 1 aromatic rings. The zero-order chi connectivity index (χ0) is 15.2. The molecule has 0 radical (unpaired) electrons. The zero-order valence-electron chi connectivity index (χ0n) is 12.4. The van der Waals surface area contributed by atoms with E-state index >= 15 is 0 Å². The third-order valence-electron chi connectivity index (χ3n) is 3.77. The van der Waals surface area contributed by atoms with Crippen LogP contribution in [0.1, 0.15) is 30.4 Å². The Hall–Kier alpha value is -1.62. The van der Waals surface area contributed by atoms with E-state index in [0.29, 0.717) is 31.0 Å². The molecule has 114 valence electrons. The number of hydrogen-bond donors (Lipinski definition) is 1. The van der Waals surface area contributed by atoms with E-state index in [1.807, 2.05) is 6.07 Å². The first-order valence-electron chi connectivity index (χ1n) is 7.33. The van der Waals surface area contributed by atoms with Crippen molar-refractivity contribution in [3.05, 3.63) is 29.3 Å². The van der Waals surface area contributed by atoms with Crippen molar-refractivity contribution < 1.29 is 9.53 Å². The van der Waals surface area contributed by atoms with Crippen LogP contribution in [0.2, 0.25) is 0 Å². The molecule has 0 fully saturated rings. The number of ether oxygens (including phenoxy) is 1. The summed E-state index contributed by atoms with van der Waals surface area (Å²) in [7, 11) is 1.76. The van der Waals surface area contributed by atoms with Gasteiger partial charge < -0.3 is 15.4 Å². The van der Waals surface area contributed by atoms with Crippen molar-refractivity contribution in [2.45, 2.75) is 32.1 Å². The molecule has 0 heterocycles. The molecule has 0 unspecified atom stereocenters. The van der Waals surface area contributed by atoms with E-state index < -0.39 is 0 Å². The van der Waals surface area contributed by atoms with Crippen LogP contribution in [0.3, 0.4) is 0 Å². The molecule has 1 aliphatic carbocycles. The van der Waals surface area contributed by atoms with Gasteiger partial charge in [0.15, 0.2) is 0 Å². The minimum Gasteiger partial charge on any atom is -0.493 e. The number of benzene rings is 1. The van der Waals surface area contributed by atoms with Crippen LogP contribution in [-0.2, 0) is 17.6 Å². The van der Waals surface area contributed by atoms with E-state index in [2.05, 4.69) is 12.1 Å². The van der Waals surface area contributed by atoms with E-state index in [0.717, 1.165) is 12.2 Å². The fraction of sp³-hybridized carbons (Fsp3) is 0.500. The number of rotatable bonds is 7. The second-order valence-electron chi connectivity index (χ2n) is 5.41. The van der Waals surface area contributed by atoms with Crippen molar-refractivity contribution in [1.29, 1.82) is 0 Å². The van der Waals surface area contributed by atoms with Crippen LogP contribution < -0.4 is 10.5 Å². The molecule has 0 spiro atoms. The largest absolute Gasteiger partial charge is 0.493 e. The summed E-state index contributed by atoms with van der Waals surface area (Å²) in [6.07, 6.45) is 4.45. The maximum Gasteiger partial charge on any atom is 0.225 e. The first-order chi connectivity index (χ1) is 10.1. The van der Waals surface area contributed by atoms with E-state index in [9.17, 15) is 4.79 Å². The van der Waals surface area contributed by atoms with Gasteiger partial charge in [-0.05, 0) is 42.5 Å². The van der Waals surface area contributed by atoms with Gasteiger partial charge >= 0.3 is 0 Å². The van der Waals surface area contributed by atoms with Crippen LogP contribution in [-0.4, -0.2) is 36.0 Å². The van der Waals surface area contributed by atoms with E-state index in [1.54, 1.807) is 11.9 Å². The average Bonchev–Trinajstić information content (AvgIpc) is 2.92. The highest BCUT2D eigenvalue weighted by Gasteiger charge is 2.12. The Labute approximate surface area is 131 Å². The van der Waals surface area contributed by atoms with Crippen LogP contribution in [0.15, 0.2) is 18.2 Å². The summed E-state index contributed by atoms with van der Waals surface area (Å²) in [4.78, 5) is 14.0. The molecule has 1 aliphatic rings. The smallest absolute Gasteiger partial charge is 0.225 e. The fourth-order valence-corrected chi connectivity index (χ4v) is 2.58. The fourth-order valence-electron chi connectivity index (χ4n) is 2.49. The van der Waals surface area contributed by atoms with Crippen molar-refractivity contribution in [3.8, 4) is 5.75 Å². The predicted octanol–water partition coefficient (Wildman–Crippen LogP) is 2.08. The molecule has 2 rings (SSSR count). The lowest BCUT2D eigenvalue weighted by atomic mass is 10.1. The molecule has 0 saturated heterocycles. The van der Waals surface area contributed by atoms with Gasteiger partial charge in [-0.15, -0.1) is 0 Å². The molecular formula is C16H22N2O2S. The summed E-state index contributed by atoms with van der Waals surface area (Å²) >= 11 is 4.81. The summed E-state index contributed by atoms with van der Waals surface area (Å²) in [6.45, 7) is 0.960. The Balaban J connectivity index is 1.73. The van der Waals surface area contributed by atoms with Crippen LogP contribution in [0.5, 0.6) is 5.75 Å². The Morgan fingerprint density at radius 3 is 2.86 bits per heavy atom. The van der Waals surface area contributed by atoms with Crippen molar-refractivity contribution >= 4 is 23.1 Å². The van der Waals surface area contributed by atoms with Crippen LogP contribution >= 0.6 is 12.2 Å². The molecule has 0 atom stereocenters. The number of carbonyl (C=O) groups excluding carboxylic acids is 1. The molecule has 2 N–H and O–H groups in total. The van der Waals surface area contributed by atoms with Crippen LogP contribution in [0, 0.1) is 0 Å². The molecule has 4 nitrogen and oxygen atoms in total. The molecule has 0 saturated carbocycles. The molecule has 21 heavy (non-hydrogen) atoms. The van der Waals surface area contributed by atoms with Gasteiger partial charge in [-0.3, -0.25) is 4.79 Å². The maximum absolute atomic E-state index is 11.9. The van der Waals surface area contributed by atoms with Gasteiger partial charge in [-0.1, -0.05) is 18.3 Å². The highest BCUT2D eigenvalue weighted by Crippen LogP contribution is 2.26. The number of nitrogens with zero attached hydrogens (tertiary/aromatic N) is 1. The Bertz CT molecular complexity index is 531. The minimum atomic E-state index is 0.0485. The van der Waals surface area contributed by atoms with Gasteiger partial charge in [-0.2, -0.15) is 0 Å². The van der Waals surface area contributed by atoms with E-state index in [-0.39, 0.29) is 5.91 Å². The number of nitrogens with two attached hydrogens (primary N) is 1. The minimum absolute atomic E-state index is 0.0485. The lowest BCUT2D eigenvalue weighted by Gasteiger charge is -2.17. The number of amides is 1. The van der Waals surface area contributed by atoms with Crippen molar-refractivity contribution in [2.24, 2.45) is 5.73 Å². The summed E-state index contributed by atoms with van der Waals surface area (Å²) < 4.78 is 5.68. The highest BCUT2D eigenvalue weighted by atomic mass is 32.1. The summed E-state index contributed by atoms with van der Waals surface area (Å²) in [6, 6.07) is 6.22. The Morgan fingerprint density at radius 2 is 2.10 bits per heavy atom. The molecule has 1 amide bonds. The standard InChI is InChI=1S/C16H22N2O2S/c1-18(9-7-15(17)21)16(19)8-10-20-14-6-5-12-3-2-4-13(12)11-14/h5-6,11H,2-4,7-10H2,1H3,(H2,17,21). The van der Waals surface area contributed by atoms with Gasteiger partial charge in [0.2, 0.25) is 5.91 Å². The third-order valence-corrected chi connectivity index (χ3v) is 3.98. The Morgan fingerprint density at radius 1 is 1.33 bits per heavy atom. The SMILES string of the molecule is CN(CCC(N)=S)C(=O)CCOc1ccc2c(c1)CCC2. The summed E-state index contributed by atoms with van der Waals surface area (Å²) in [5.74, 6) is 0.904. The normalized spacial score (nSPS) is 12.8. The molecule has 0 aliphatic heterocycles. The highest BCUT2D eigenvalue weighted by molar-refractivity contribution is 7.80. The van der Waals surface area contributed by atoms with Gasteiger partial charge in [0.1, 0.15) is 5.75 Å². The Kier molecular flexibility index (Phi) is 5.56. The second-order valence-corrected chi connectivity index (χ2v) is 5.94. The number of thiocarbonyl (C=S) groups is 1. The van der Waals surface area contributed by atoms with E-state index in [4.69, 9.17) is 22.7 Å². The van der Waals surface area contributed by atoms with Gasteiger partial charge in [0, 0.05) is 20.0 Å². The van der Waals surface area contributed by atoms with Crippen LogP contribution in [0.4, 0.5) is 0 Å². The predicted molar refractivity (Wildman–Crippen MR) is 87.6 cm³/mol.